The van der Waals surface area contributed by atoms with E-state index in [1.165, 1.54) is 51.4 Å². The molecule has 1 aliphatic heterocycles. The number of fused-ring (bicyclic) bond motifs is 8. The first-order chi connectivity index (χ1) is 16.1. The summed E-state index contributed by atoms with van der Waals surface area (Å²) < 4.78 is 12.3. The summed E-state index contributed by atoms with van der Waals surface area (Å²) in [6, 6.07) is 0. The number of carbonyl (C=O) groups is 1. The standard InChI is InChI=1S/C32H52O3/c1-19-26-21-10-11-23-29(6)14-13-24(34-20(2)33)27(3,4)22(29)12-15-31(23,8)30(21,7)17-16-28(26,5)18-25-32(19,9)35-25/h19,21-26H,10-18H2,1-9H3/t19?,21-,22?,23-,24+,25-,26?,28+,29+,30-,31-,32+/m1/s1. The molecule has 0 amide bonds. The lowest BCUT2D eigenvalue weighted by molar-refractivity contribution is -0.256. The monoisotopic (exact) mass is 484 g/mol. The molecule has 6 rings (SSSR count). The van der Waals surface area contributed by atoms with Crippen LogP contribution in [-0.2, 0) is 14.3 Å². The highest BCUT2D eigenvalue weighted by atomic mass is 16.6. The number of rotatable bonds is 1. The zero-order valence-electron chi connectivity index (χ0n) is 24.1. The predicted molar refractivity (Wildman–Crippen MR) is 140 cm³/mol. The smallest absolute Gasteiger partial charge is 0.302 e. The molecule has 6 fully saturated rings. The van der Waals surface area contributed by atoms with Crippen molar-refractivity contribution in [1.29, 1.82) is 0 Å². The molecular formula is C32H52O3. The van der Waals surface area contributed by atoms with Gasteiger partial charge in [-0.2, -0.15) is 0 Å². The summed E-state index contributed by atoms with van der Waals surface area (Å²) in [7, 11) is 0. The molecule has 1 heterocycles. The first-order valence-corrected chi connectivity index (χ1v) is 15.0. The summed E-state index contributed by atoms with van der Waals surface area (Å²) >= 11 is 0. The highest BCUT2D eigenvalue weighted by Gasteiger charge is 2.74. The van der Waals surface area contributed by atoms with E-state index in [2.05, 4.69) is 55.4 Å². The molecule has 1 saturated heterocycles. The maximum Gasteiger partial charge on any atom is 0.302 e. The SMILES string of the molecule is CC(=O)O[C@H]1CC[C@@]2(C)C(CC[C@]3(C)[C@@H]2CC[C@@H]2C4C(C)[C@]5(C)O[C@@H]5C[C@]4(C)CC[C@]23C)C1(C)C. The van der Waals surface area contributed by atoms with Gasteiger partial charge in [0, 0.05) is 12.3 Å². The Morgan fingerprint density at radius 3 is 2.23 bits per heavy atom. The molecule has 0 N–H and O–H groups in total. The lowest BCUT2D eigenvalue weighted by Crippen LogP contribution is -2.67. The molecule has 6 aliphatic rings. The molecule has 35 heavy (non-hydrogen) atoms. The summed E-state index contributed by atoms with van der Waals surface area (Å²) in [5.74, 6) is 3.59. The van der Waals surface area contributed by atoms with E-state index >= 15 is 0 Å². The van der Waals surface area contributed by atoms with Gasteiger partial charge < -0.3 is 9.47 Å². The van der Waals surface area contributed by atoms with E-state index in [-0.39, 0.29) is 23.1 Å². The Morgan fingerprint density at radius 2 is 1.54 bits per heavy atom. The van der Waals surface area contributed by atoms with Crippen molar-refractivity contribution in [2.75, 3.05) is 0 Å². The minimum absolute atomic E-state index is 0.0493. The van der Waals surface area contributed by atoms with E-state index in [4.69, 9.17) is 9.47 Å². The summed E-state index contributed by atoms with van der Waals surface area (Å²) in [6.45, 7) is 22.1. The van der Waals surface area contributed by atoms with Gasteiger partial charge in [0.05, 0.1) is 11.7 Å². The molecule has 12 atom stereocenters. The van der Waals surface area contributed by atoms with E-state index in [0.717, 1.165) is 24.2 Å². The molecule has 198 valence electrons. The minimum Gasteiger partial charge on any atom is -0.462 e. The molecule has 3 nitrogen and oxygen atoms in total. The third-order valence-corrected chi connectivity index (χ3v) is 14.7. The van der Waals surface area contributed by atoms with Crippen LogP contribution >= 0.6 is 0 Å². The third kappa shape index (κ3) is 2.92. The summed E-state index contributed by atoms with van der Waals surface area (Å²) in [4.78, 5) is 11.9. The van der Waals surface area contributed by atoms with Crippen LogP contribution in [0.5, 0.6) is 0 Å². The van der Waals surface area contributed by atoms with Crippen molar-refractivity contribution >= 4 is 5.97 Å². The van der Waals surface area contributed by atoms with Crippen LogP contribution in [0.3, 0.4) is 0 Å². The maximum absolute atomic E-state index is 11.9. The predicted octanol–water partition coefficient (Wildman–Crippen LogP) is 7.81. The zero-order valence-corrected chi connectivity index (χ0v) is 24.1. The van der Waals surface area contributed by atoms with Crippen LogP contribution in [0.2, 0.25) is 0 Å². The second-order valence-electron chi connectivity index (χ2n) is 16.1. The Morgan fingerprint density at radius 1 is 0.829 bits per heavy atom. The van der Waals surface area contributed by atoms with Crippen LogP contribution in [-0.4, -0.2) is 23.8 Å². The zero-order chi connectivity index (χ0) is 25.4. The molecular weight excluding hydrogens is 432 g/mol. The number of hydrogen-bond donors (Lipinski definition) is 0. The molecule has 0 radical (unpaired) electrons. The van der Waals surface area contributed by atoms with E-state index in [9.17, 15) is 4.79 Å². The van der Waals surface area contributed by atoms with E-state index in [1.807, 2.05) is 0 Å². The maximum atomic E-state index is 11.9. The summed E-state index contributed by atoms with van der Waals surface area (Å²) in [6.07, 6.45) is 12.3. The highest BCUT2D eigenvalue weighted by molar-refractivity contribution is 5.66. The van der Waals surface area contributed by atoms with Crippen LogP contribution in [0.1, 0.15) is 120 Å². The summed E-state index contributed by atoms with van der Waals surface area (Å²) in [5.41, 5.74) is 1.80. The third-order valence-electron chi connectivity index (χ3n) is 14.7. The van der Waals surface area contributed by atoms with Crippen molar-refractivity contribution in [3.05, 3.63) is 0 Å². The molecule has 0 bridgehead atoms. The van der Waals surface area contributed by atoms with E-state index in [1.54, 1.807) is 6.92 Å². The van der Waals surface area contributed by atoms with Gasteiger partial charge in [-0.05, 0) is 116 Å². The van der Waals surface area contributed by atoms with Crippen molar-refractivity contribution < 1.29 is 14.3 Å². The Labute approximate surface area is 214 Å². The van der Waals surface area contributed by atoms with Crippen molar-refractivity contribution in [1.82, 2.24) is 0 Å². The number of hydrogen-bond acceptors (Lipinski definition) is 3. The summed E-state index contributed by atoms with van der Waals surface area (Å²) in [5, 5.41) is 0. The second kappa shape index (κ2) is 7.09. The molecule has 0 aromatic heterocycles. The van der Waals surface area contributed by atoms with Crippen LogP contribution in [0, 0.1) is 56.7 Å². The Balaban J connectivity index is 1.35. The van der Waals surface area contributed by atoms with Crippen LogP contribution in [0.4, 0.5) is 0 Å². The topological polar surface area (TPSA) is 38.8 Å². The quantitative estimate of drug-likeness (QED) is 0.281. The van der Waals surface area contributed by atoms with E-state index < -0.39 is 0 Å². The van der Waals surface area contributed by atoms with Gasteiger partial charge in [-0.1, -0.05) is 48.5 Å². The van der Waals surface area contributed by atoms with Crippen molar-refractivity contribution in [2.45, 2.75) is 138 Å². The van der Waals surface area contributed by atoms with Gasteiger partial charge in [0.2, 0.25) is 0 Å². The fraction of sp³-hybridized carbons (Fsp3) is 0.969. The lowest BCUT2D eigenvalue weighted by atomic mass is 9.31. The molecule has 3 heteroatoms. The molecule has 0 aromatic carbocycles. The van der Waals surface area contributed by atoms with Gasteiger partial charge in [-0.3, -0.25) is 4.79 Å². The average molecular weight is 485 g/mol. The number of carbonyl (C=O) groups excluding carboxylic acids is 1. The van der Waals surface area contributed by atoms with Gasteiger partial charge in [-0.25, -0.2) is 0 Å². The molecule has 0 spiro atoms. The van der Waals surface area contributed by atoms with Gasteiger partial charge in [0.15, 0.2) is 0 Å². The fourth-order valence-corrected chi connectivity index (χ4v) is 12.5. The largest absolute Gasteiger partial charge is 0.462 e. The second-order valence-corrected chi connectivity index (χ2v) is 16.1. The number of ether oxygens (including phenoxy) is 2. The van der Waals surface area contributed by atoms with Crippen molar-refractivity contribution in [3.8, 4) is 0 Å². The molecule has 5 saturated carbocycles. The van der Waals surface area contributed by atoms with Crippen LogP contribution in [0.25, 0.3) is 0 Å². The molecule has 3 unspecified atom stereocenters. The van der Waals surface area contributed by atoms with Gasteiger partial charge >= 0.3 is 5.97 Å². The minimum atomic E-state index is -0.109. The Bertz CT molecular complexity index is 926. The van der Waals surface area contributed by atoms with Crippen LogP contribution in [0.15, 0.2) is 0 Å². The number of epoxide rings is 1. The average Bonchev–Trinajstić information content (AvgIpc) is 3.41. The Hall–Kier alpha value is -0.570. The van der Waals surface area contributed by atoms with Gasteiger partial charge in [-0.15, -0.1) is 0 Å². The first-order valence-electron chi connectivity index (χ1n) is 15.0. The fourth-order valence-electron chi connectivity index (χ4n) is 12.5. The normalized spacial score (nSPS) is 60.2. The van der Waals surface area contributed by atoms with E-state index in [0.29, 0.717) is 39.6 Å². The molecule has 0 aromatic rings. The molecule has 5 aliphatic carbocycles. The highest BCUT2D eigenvalue weighted by Crippen LogP contribution is 2.78. The van der Waals surface area contributed by atoms with Gasteiger partial charge in [0.25, 0.3) is 0 Å². The van der Waals surface area contributed by atoms with Crippen LogP contribution < -0.4 is 0 Å². The first kappa shape index (κ1) is 24.7. The number of esters is 1. The Kier molecular flexibility index (Phi) is 5.01. The van der Waals surface area contributed by atoms with Crippen molar-refractivity contribution in [2.24, 2.45) is 56.7 Å². The van der Waals surface area contributed by atoms with Crippen molar-refractivity contribution in [3.63, 3.8) is 0 Å². The van der Waals surface area contributed by atoms with Gasteiger partial charge in [0.1, 0.15) is 6.10 Å². The lowest BCUT2D eigenvalue weighted by Gasteiger charge is -2.73.